The Labute approximate surface area is 152 Å². The number of tetrazole rings is 1. The highest BCUT2D eigenvalue weighted by molar-refractivity contribution is 6.02. The zero-order valence-electron chi connectivity index (χ0n) is 15.0. The van der Waals surface area contributed by atoms with Crippen molar-refractivity contribution in [2.75, 3.05) is 5.32 Å². The fourth-order valence-corrected chi connectivity index (χ4v) is 2.52. The lowest BCUT2D eigenvalue weighted by Crippen LogP contribution is -2.07. The summed E-state index contributed by atoms with van der Waals surface area (Å²) >= 11 is 0. The van der Waals surface area contributed by atoms with Crippen LogP contribution in [0.5, 0.6) is 0 Å². The topological polar surface area (TPSA) is 72.7 Å². The summed E-state index contributed by atoms with van der Waals surface area (Å²) in [5.41, 5.74) is 3.88. The minimum atomic E-state index is -0.175. The normalized spacial score (nSPS) is 11.2. The number of aromatic nitrogens is 4. The number of hydrogen-bond acceptors (Lipinski definition) is 4. The molecule has 0 unspecified atom stereocenters. The molecule has 0 saturated heterocycles. The second-order valence-electron chi connectivity index (χ2n) is 6.35. The Hall–Kier alpha value is -3.28. The van der Waals surface area contributed by atoms with Crippen molar-refractivity contribution in [3.8, 4) is 11.4 Å². The molecular weight excluding hydrogens is 326 g/mol. The standard InChI is InChI=1S/C20H21N5O/c1-14(2)16-7-4-15(5-8-16)6-13-19(26)21-18-11-9-17(10-12-18)20-22-23-24-25(20)3/h4-14H,1-3H3,(H,21,26)/b13-6+. The van der Waals surface area contributed by atoms with Gasteiger partial charge in [0, 0.05) is 24.4 Å². The number of rotatable bonds is 5. The van der Waals surface area contributed by atoms with Crippen molar-refractivity contribution in [1.82, 2.24) is 20.2 Å². The van der Waals surface area contributed by atoms with Gasteiger partial charge in [-0.05, 0) is 57.8 Å². The molecule has 6 nitrogen and oxygen atoms in total. The van der Waals surface area contributed by atoms with Crippen molar-refractivity contribution in [2.45, 2.75) is 19.8 Å². The first kappa shape index (κ1) is 17.5. The van der Waals surface area contributed by atoms with E-state index in [-0.39, 0.29) is 5.91 Å². The number of benzene rings is 2. The maximum atomic E-state index is 12.1. The van der Waals surface area contributed by atoms with E-state index in [1.165, 1.54) is 11.6 Å². The summed E-state index contributed by atoms with van der Waals surface area (Å²) < 4.78 is 1.60. The molecule has 0 saturated carbocycles. The van der Waals surface area contributed by atoms with E-state index in [1.54, 1.807) is 17.8 Å². The second-order valence-corrected chi connectivity index (χ2v) is 6.35. The SMILES string of the molecule is CC(C)c1ccc(/C=C/C(=O)Nc2ccc(-c3nnnn3C)cc2)cc1. The molecule has 3 aromatic rings. The molecule has 0 aliphatic rings. The first-order chi connectivity index (χ1) is 12.5. The summed E-state index contributed by atoms with van der Waals surface area (Å²) in [5, 5.41) is 14.2. The largest absolute Gasteiger partial charge is 0.323 e. The molecule has 3 rings (SSSR count). The van der Waals surface area contributed by atoms with Crippen molar-refractivity contribution in [3.63, 3.8) is 0 Å². The van der Waals surface area contributed by atoms with Crippen molar-refractivity contribution in [3.05, 3.63) is 65.7 Å². The van der Waals surface area contributed by atoms with E-state index in [0.717, 1.165) is 11.1 Å². The molecule has 1 aromatic heterocycles. The van der Waals surface area contributed by atoms with E-state index in [9.17, 15) is 4.79 Å². The van der Waals surface area contributed by atoms with Gasteiger partial charge in [0.2, 0.25) is 5.91 Å². The third-order valence-corrected chi connectivity index (χ3v) is 4.06. The number of anilines is 1. The second kappa shape index (κ2) is 7.74. The van der Waals surface area contributed by atoms with Gasteiger partial charge in [0.15, 0.2) is 5.82 Å². The molecule has 0 bridgehead atoms. The average molecular weight is 347 g/mol. The van der Waals surface area contributed by atoms with Crippen molar-refractivity contribution in [2.24, 2.45) is 7.05 Å². The fourth-order valence-electron chi connectivity index (χ4n) is 2.52. The molecule has 0 aliphatic carbocycles. The van der Waals surface area contributed by atoms with Gasteiger partial charge in [0.25, 0.3) is 0 Å². The van der Waals surface area contributed by atoms with E-state index < -0.39 is 0 Å². The Morgan fingerprint density at radius 2 is 1.77 bits per heavy atom. The Morgan fingerprint density at radius 1 is 1.08 bits per heavy atom. The van der Waals surface area contributed by atoms with Gasteiger partial charge in [-0.25, -0.2) is 4.68 Å². The number of nitrogens with zero attached hydrogens (tertiary/aromatic N) is 4. The van der Waals surface area contributed by atoms with Crippen LogP contribution in [0.4, 0.5) is 5.69 Å². The first-order valence-electron chi connectivity index (χ1n) is 8.45. The van der Waals surface area contributed by atoms with Crippen molar-refractivity contribution in [1.29, 1.82) is 0 Å². The van der Waals surface area contributed by atoms with Crippen LogP contribution in [0.1, 0.15) is 30.9 Å². The molecule has 1 N–H and O–H groups in total. The highest BCUT2D eigenvalue weighted by Gasteiger charge is 2.06. The third kappa shape index (κ3) is 4.22. The van der Waals surface area contributed by atoms with Crippen LogP contribution >= 0.6 is 0 Å². The number of nitrogens with one attached hydrogen (secondary N) is 1. The molecule has 132 valence electrons. The minimum absolute atomic E-state index is 0.175. The molecule has 2 aromatic carbocycles. The zero-order valence-corrected chi connectivity index (χ0v) is 15.0. The van der Waals surface area contributed by atoms with Crippen molar-refractivity contribution >= 4 is 17.7 Å². The summed E-state index contributed by atoms with van der Waals surface area (Å²) in [4.78, 5) is 12.1. The quantitative estimate of drug-likeness (QED) is 0.715. The molecule has 1 heterocycles. The molecule has 26 heavy (non-hydrogen) atoms. The van der Waals surface area contributed by atoms with E-state index in [2.05, 4.69) is 46.8 Å². The van der Waals surface area contributed by atoms with Gasteiger partial charge in [-0.15, -0.1) is 5.10 Å². The molecule has 6 heteroatoms. The van der Waals surface area contributed by atoms with Gasteiger partial charge in [-0.1, -0.05) is 38.1 Å². The highest BCUT2D eigenvalue weighted by atomic mass is 16.1. The average Bonchev–Trinajstić information content (AvgIpc) is 3.07. The predicted molar refractivity (Wildman–Crippen MR) is 102 cm³/mol. The molecule has 0 fully saturated rings. The molecule has 0 aliphatic heterocycles. The summed E-state index contributed by atoms with van der Waals surface area (Å²) in [6, 6.07) is 15.6. The van der Waals surface area contributed by atoms with E-state index in [0.29, 0.717) is 17.4 Å². The van der Waals surface area contributed by atoms with Gasteiger partial charge < -0.3 is 5.32 Å². The van der Waals surface area contributed by atoms with Crippen LogP contribution < -0.4 is 5.32 Å². The molecule has 0 radical (unpaired) electrons. The maximum absolute atomic E-state index is 12.1. The molecule has 0 atom stereocenters. The van der Waals surface area contributed by atoms with E-state index >= 15 is 0 Å². The van der Waals surface area contributed by atoms with Gasteiger partial charge in [0.1, 0.15) is 0 Å². The van der Waals surface area contributed by atoms with Gasteiger partial charge in [-0.3, -0.25) is 4.79 Å². The van der Waals surface area contributed by atoms with Gasteiger partial charge in [0.05, 0.1) is 0 Å². The summed E-state index contributed by atoms with van der Waals surface area (Å²) in [6.45, 7) is 4.31. The number of carbonyl (C=O) groups is 1. The Bertz CT molecular complexity index is 908. The van der Waals surface area contributed by atoms with Gasteiger partial charge >= 0.3 is 0 Å². The van der Waals surface area contributed by atoms with Crippen LogP contribution in [0, 0.1) is 0 Å². The molecule has 0 spiro atoms. The summed E-state index contributed by atoms with van der Waals surface area (Å²) in [6.07, 6.45) is 3.34. The van der Waals surface area contributed by atoms with Crippen LogP contribution in [0.15, 0.2) is 54.6 Å². The van der Waals surface area contributed by atoms with Crippen LogP contribution in [0.25, 0.3) is 17.5 Å². The van der Waals surface area contributed by atoms with Crippen LogP contribution in [-0.4, -0.2) is 26.1 Å². The highest BCUT2D eigenvalue weighted by Crippen LogP contribution is 2.18. The van der Waals surface area contributed by atoms with Gasteiger partial charge in [-0.2, -0.15) is 0 Å². The first-order valence-corrected chi connectivity index (χ1v) is 8.45. The van der Waals surface area contributed by atoms with E-state index in [4.69, 9.17) is 0 Å². The lowest BCUT2D eigenvalue weighted by Gasteiger charge is -2.05. The maximum Gasteiger partial charge on any atom is 0.248 e. The molecular formula is C20H21N5O. The molecule has 1 amide bonds. The Morgan fingerprint density at radius 3 is 2.35 bits per heavy atom. The monoisotopic (exact) mass is 347 g/mol. The lowest BCUT2D eigenvalue weighted by molar-refractivity contribution is -0.111. The van der Waals surface area contributed by atoms with E-state index in [1.807, 2.05) is 36.4 Å². The lowest BCUT2D eigenvalue weighted by atomic mass is 10.0. The minimum Gasteiger partial charge on any atom is -0.323 e. The fraction of sp³-hybridized carbons (Fsp3) is 0.200. The number of hydrogen-bond donors (Lipinski definition) is 1. The number of aryl methyl sites for hydroxylation is 1. The summed E-state index contributed by atoms with van der Waals surface area (Å²) in [7, 11) is 1.78. The van der Waals surface area contributed by atoms with Crippen molar-refractivity contribution < 1.29 is 4.79 Å². The van der Waals surface area contributed by atoms with Crippen LogP contribution in [0.2, 0.25) is 0 Å². The third-order valence-electron chi connectivity index (χ3n) is 4.06. The smallest absolute Gasteiger partial charge is 0.248 e. The Kier molecular flexibility index (Phi) is 5.22. The van der Waals surface area contributed by atoms with Crippen LogP contribution in [-0.2, 0) is 11.8 Å². The summed E-state index contributed by atoms with van der Waals surface area (Å²) in [5.74, 6) is 0.996. The van der Waals surface area contributed by atoms with Crippen LogP contribution in [0.3, 0.4) is 0 Å². The number of carbonyl (C=O) groups excluding carboxylic acids is 1. The number of amides is 1. The zero-order chi connectivity index (χ0) is 18.5. The Balaban J connectivity index is 1.62. The predicted octanol–water partition coefficient (Wildman–Crippen LogP) is 3.65.